The highest BCUT2D eigenvalue weighted by molar-refractivity contribution is 4.61. The Morgan fingerprint density at radius 2 is 1.54 bits per heavy atom. The van der Waals surface area contributed by atoms with E-state index in [1.54, 1.807) is 0 Å². The van der Waals surface area contributed by atoms with E-state index in [2.05, 4.69) is 39.9 Å². The monoisotopic (exact) mass is 185 g/mol. The third-order valence-electron chi connectivity index (χ3n) is 2.55. The first kappa shape index (κ1) is 13.0. The molecule has 0 aromatic rings. The fourth-order valence-corrected chi connectivity index (χ4v) is 1.56. The molecule has 1 nitrogen and oxygen atoms in total. The Morgan fingerprint density at radius 1 is 0.923 bits per heavy atom. The van der Waals surface area contributed by atoms with Crippen molar-refractivity contribution in [3.63, 3.8) is 0 Å². The van der Waals surface area contributed by atoms with Crippen molar-refractivity contribution in [2.24, 2.45) is 17.8 Å². The Morgan fingerprint density at radius 3 is 2.00 bits per heavy atom. The molecule has 13 heavy (non-hydrogen) atoms. The quantitative estimate of drug-likeness (QED) is 0.641. The zero-order valence-corrected chi connectivity index (χ0v) is 10.1. The first-order valence-corrected chi connectivity index (χ1v) is 5.76. The lowest BCUT2D eigenvalue weighted by Crippen LogP contribution is -2.25. The fourth-order valence-electron chi connectivity index (χ4n) is 1.56. The molecule has 0 radical (unpaired) electrons. The number of rotatable bonds is 7. The van der Waals surface area contributed by atoms with E-state index in [-0.39, 0.29) is 0 Å². The van der Waals surface area contributed by atoms with Crippen molar-refractivity contribution in [2.75, 3.05) is 13.1 Å². The second kappa shape index (κ2) is 7.37. The van der Waals surface area contributed by atoms with Crippen LogP contribution < -0.4 is 5.32 Å². The van der Waals surface area contributed by atoms with E-state index >= 15 is 0 Å². The van der Waals surface area contributed by atoms with E-state index in [9.17, 15) is 0 Å². The van der Waals surface area contributed by atoms with Crippen molar-refractivity contribution < 1.29 is 0 Å². The van der Waals surface area contributed by atoms with Crippen LogP contribution in [0.1, 0.15) is 47.5 Å². The number of hydrogen-bond acceptors (Lipinski definition) is 1. The summed E-state index contributed by atoms with van der Waals surface area (Å²) in [5, 5.41) is 3.51. The highest BCUT2D eigenvalue weighted by atomic mass is 14.9. The van der Waals surface area contributed by atoms with Crippen LogP contribution in [-0.4, -0.2) is 13.1 Å². The van der Waals surface area contributed by atoms with Crippen LogP contribution in [0.2, 0.25) is 0 Å². The highest BCUT2D eigenvalue weighted by Crippen LogP contribution is 2.13. The molecule has 2 atom stereocenters. The molecule has 0 saturated carbocycles. The van der Waals surface area contributed by atoms with Gasteiger partial charge >= 0.3 is 0 Å². The first-order chi connectivity index (χ1) is 6.06. The minimum absolute atomic E-state index is 0.774. The van der Waals surface area contributed by atoms with Gasteiger partial charge in [0.05, 0.1) is 0 Å². The van der Waals surface area contributed by atoms with E-state index in [4.69, 9.17) is 0 Å². The normalized spacial score (nSPS) is 16.2. The van der Waals surface area contributed by atoms with Crippen LogP contribution in [0, 0.1) is 17.8 Å². The van der Waals surface area contributed by atoms with Crippen LogP contribution in [0.15, 0.2) is 0 Å². The van der Waals surface area contributed by atoms with Crippen LogP contribution >= 0.6 is 0 Å². The van der Waals surface area contributed by atoms with E-state index < -0.39 is 0 Å². The van der Waals surface area contributed by atoms with Gasteiger partial charge in [-0.15, -0.1) is 0 Å². The zero-order valence-electron chi connectivity index (χ0n) is 10.1. The Hall–Kier alpha value is -0.0400. The van der Waals surface area contributed by atoms with Gasteiger partial charge in [0.2, 0.25) is 0 Å². The molecule has 0 aliphatic carbocycles. The minimum atomic E-state index is 0.774. The first-order valence-electron chi connectivity index (χ1n) is 5.76. The van der Waals surface area contributed by atoms with E-state index in [0.717, 1.165) is 24.3 Å². The molecular weight excluding hydrogens is 158 g/mol. The van der Waals surface area contributed by atoms with Crippen molar-refractivity contribution in [3.05, 3.63) is 0 Å². The van der Waals surface area contributed by atoms with Crippen LogP contribution in [0.25, 0.3) is 0 Å². The topological polar surface area (TPSA) is 12.0 Å². The van der Waals surface area contributed by atoms with Crippen molar-refractivity contribution in [3.8, 4) is 0 Å². The largest absolute Gasteiger partial charge is 0.316 e. The second-order valence-electron chi connectivity index (χ2n) is 4.91. The molecule has 0 aromatic carbocycles. The number of nitrogens with one attached hydrogen (secondary N) is 1. The van der Waals surface area contributed by atoms with Gasteiger partial charge in [0.15, 0.2) is 0 Å². The lowest BCUT2D eigenvalue weighted by molar-refractivity contribution is 0.380. The summed E-state index contributed by atoms with van der Waals surface area (Å²) < 4.78 is 0. The van der Waals surface area contributed by atoms with Crippen molar-refractivity contribution in [2.45, 2.75) is 47.5 Å². The van der Waals surface area contributed by atoms with Crippen molar-refractivity contribution >= 4 is 0 Å². The third-order valence-corrected chi connectivity index (χ3v) is 2.55. The molecule has 2 unspecified atom stereocenters. The van der Waals surface area contributed by atoms with Gasteiger partial charge in [0.1, 0.15) is 0 Å². The Kier molecular flexibility index (Phi) is 7.35. The van der Waals surface area contributed by atoms with Gasteiger partial charge in [-0.2, -0.15) is 0 Å². The summed E-state index contributed by atoms with van der Waals surface area (Å²) in [6, 6.07) is 0. The molecule has 1 heteroatoms. The molecule has 1 N–H and O–H groups in total. The third kappa shape index (κ3) is 8.29. The summed E-state index contributed by atoms with van der Waals surface area (Å²) in [4.78, 5) is 0. The molecule has 0 saturated heterocycles. The predicted molar refractivity (Wildman–Crippen MR) is 60.9 cm³/mol. The Labute approximate surface area is 84.3 Å². The van der Waals surface area contributed by atoms with E-state index in [0.29, 0.717) is 0 Å². The molecule has 0 aliphatic rings. The minimum Gasteiger partial charge on any atom is -0.316 e. The lowest BCUT2D eigenvalue weighted by Gasteiger charge is -2.17. The molecular formula is C12H27N. The smallest absolute Gasteiger partial charge is 0.00229 e. The Balaban J connectivity index is 3.34. The summed E-state index contributed by atoms with van der Waals surface area (Å²) >= 11 is 0. The van der Waals surface area contributed by atoms with Gasteiger partial charge in [-0.05, 0) is 37.3 Å². The molecule has 80 valence electrons. The van der Waals surface area contributed by atoms with Gasteiger partial charge in [0, 0.05) is 0 Å². The maximum absolute atomic E-state index is 3.51. The SMILES string of the molecule is CCC(C)CC(C)CNCC(C)C. The van der Waals surface area contributed by atoms with Crippen LogP contribution in [-0.2, 0) is 0 Å². The van der Waals surface area contributed by atoms with Crippen molar-refractivity contribution in [1.82, 2.24) is 5.32 Å². The van der Waals surface area contributed by atoms with Gasteiger partial charge < -0.3 is 5.32 Å². The molecule has 0 fully saturated rings. The van der Waals surface area contributed by atoms with Gasteiger partial charge in [-0.25, -0.2) is 0 Å². The molecule has 0 aliphatic heterocycles. The predicted octanol–water partition coefficient (Wildman–Crippen LogP) is 3.30. The van der Waals surface area contributed by atoms with Gasteiger partial charge in [-0.1, -0.05) is 41.0 Å². The summed E-state index contributed by atoms with van der Waals surface area (Å²) in [6.07, 6.45) is 2.68. The van der Waals surface area contributed by atoms with Crippen LogP contribution in [0.3, 0.4) is 0 Å². The molecule has 0 rings (SSSR count). The van der Waals surface area contributed by atoms with E-state index in [1.165, 1.54) is 19.4 Å². The van der Waals surface area contributed by atoms with Gasteiger partial charge in [-0.3, -0.25) is 0 Å². The molecule has 0 bridgehead atoms. The summed E-state index contributed by atoms with van der Waals surface area (Å²) in [7, 11) is 0. The highest BCUT2D eigenvalue weighted by Gasteiger charge is 2.06. The number of hydrogen-bond donors (Lipinski definition) is 1. The van der Waals surface area contributed by atoms with Gasteiger partial charge in [0.25, 0.3) is 0 Å². The van der Waals surface area contributed by atoms with Crippen molar-refractivity contribution in [1.29, 1.82) is 0 Å². The van der Waals surface area contributed by atoms with Crippen LogP contribution in [0.5, 0.6) is 0 Å². The summed E-state index contributed by atoms with van der Waals surface area (Å²) in [6.45, 7) is 13.8. The van der Waals surface area contributed by atoms with E-state index in [1.807, 2.05) is 0 Å². The maximum atomic E-state index is 3.51. The average Bonchev–Trinajstić information content (AvgIpc) is 2.03. The fraction of sp³-hybridized carbons (Fsp3) is 1.00. The second-order valence-corrected chi connectivity index (χ2v) is 4.91. The molecule has 0 aromatic heterocycles. The average molecular weight is 185 g/mol. The summed E-state index contributed by atoms with van der Waals surface area (Å²) in [5.41, 5.74) is 0. The van der Waals surface area contributed by atoms with Crippen LogP contribution in [0.4, 0.5) is 0 Å². The molecule has 0 amide bonds. The Bertz CT molecular complexity index is 110. The lowest BCUT2D eigenvalue weighted by atomic mass is 9.95. The molecule has 0 heterocycles. The molecule has 0 spiro atoms. The maximum Gasteiger partial charge on any atom is -0.00229 e. The zero-order chi connectivity index (χ0) is 10.3. The standard InChI is InChI=1S/C12H27N/c1-6-11(4)7-12(5)9-13-8-10(2)3/h10-13H,6-9H2,1-5H3. The summed E-state index contributed by atoms with van der Waals surface area (Å²) in [5.74, 6) is 2.49.